The Morgan fingerprint density at radius 1 is 1.56 bits per heavy atom. The van der Waals surface area contributed by atoms with Crippen LogP contribution in [0, 0.1) is 11.7 Å². The molecule has 0 aromatic heterocycles. The summed E-state index contributed by atoms with van der Waals surface area (Å²) in [7, 11) is 0. The lowest BCUT2D eigenvalue weighted by Crippen LogP contribution is -2.40. The Labute approximate surface area is 117 Å². The zero-order valence-electron chi connectivity index (χ0n) is 10.2. The van der Waals surface area contributed by atoms with Gasteiger partial charge in [-0.25, -0.2) is 4.39 Å². The lowest BCUT2D eigenvalue weighted by molar-refractivity contribution is -0.118. The van der Waals surface area contributed by atoms with E-state index in [1.807, 2.05) is 13.8 Å². The minimum atomic E-state index is -0.580. The van der Waals surface area contributed by atoms with E-state index in [4.69, 9.17) is 17.3 Å². The molecular weight excluding hydrogens is 278 g/mol. The smallest absolute Gasteiger partial charge is 0.241 e. The first-order valence-corrected chi connectivity index (χ1v) is 5.85. The molecule has 3 N–H and O–H groups in total. The number of halogens is 3. The molecule has 0 bridgehead atoms. The number of nitrogens with one attached hydrogen (secondary N) is 1. The van der Waals surface area contributed by atoms with Crippen LogP contribution in [0.1, 0.15) is 20.3 Å². The van der Waals surface area contributed by atoms with Crippen molar-refractivity contribution in [2.24, 2.45) is 11.7 Å². The molecule has 0 aliphatic carbocycles. The first kappa shape index (κ1) is 17.2. The summed E-state index contributed by atoms with van der Waals surface area (Å²) in [5, 5.41) is 2.58. The Morgan fingerprint density at radius 3 is 2.67 bits per heavy atom. The van der Waals surface area contributed by atoms with E-state index >= 15 is 0 Å². The molecule has 0 spiro atoms. The van der Waals surface area contributed by atoms with Crippen molar-refractivity contribution in [2.45, 2.75) is 26.3 Å². The monoisotopic (exact) mass is 294 g/mol. The molecule has 0 radical (unpaired) electrons. The third-order valence-electron chi connectivity index (χ3n) is 2.75. The number of nitrogens with two attached hydrogens (primary N) is 1. The molecule has 0 aliphatic heterocycles. The predicted molar refractivity (Wildman–Crippen MR) is 74.7 cm³/mol. The summed E-state index contributed by atoms with van der Waals surface area (Å²) in [6, 6.07) is 3.43. The normalized spacial score (nSPS) is 13.4. The topological polar surface area (TPSA) is 55.1 Å². The SMILES string of the molecule is CCC(C)C(N)C(=O)Nc1ccc(F)c(Cl)c1.Cl. The quantitative estimate of drug-likeness (QED) is 0.896. The van der Waals surface area contributed by atoms with Crippen LogP contribution in [0.2, 0.25) is 5.02 Å². The third-order valence-corrected chi connectivity index (χ3v) is 3.04. The number of amides is 1. The van der Waals surface area contributed by atoms with Gasteiger partial charge in [0.2, 0.25) is 5.91 Å². The Morgan fingerprint density at radius 2 is 2.17 bits per heavy atom. The van der Waals surface area contributed by atoms with Crippen molar-refractivity contribution in [1.82, 2.24) is 0 Å². The fourth-order valence-corrected chi connectivity index (χ4v) is 1.49. The highest BCUT2D eigenvalue weighted by Gasteiger charge is 2.19. The molecule has 6 heteroatoms. The third kappa shape index (κ3) is 4.44. The standard InChI is InChI=1S/C12H16ClFN2O.ClH/c1-3-7(2)11(15)12(17)16-8-4-5-10(14)9(13)6-8;/h4-7,11H,3,15H2,1-2H3,(H,16,17);1H. The highest BCUT2D eigenvalue weighted by Crippen LogP contribution is 2.19. The van der Waals surface area contributed by atoms with Crippen LogP contribution in [0.3, 0.4) is 0 Å². The number of benzene rings is 1. The molecule has 0 saturated heterocycles. The van der Waals surface area contributed by atoms with Crippen LogP contribution in [0.5, 0.6) is 0 Å². The molecular formula is C12H17Cl2FN2O. The summed E-state index contributed by atoms with van der Waals surface area (Å²) in [6.45, 7) is 3.87. The minimum absolute atomic E-state index is 0. The highest BCUT2D eigenvalue weighted by molar-refractivity contribution is 6.31. The number of rotatable bonds is 4. The molecule has 0 fully saturated rings. The van der Waals surface area contributed by atoms with E-state index in [0.717, 1.165) is 6.42 Å². The Kier molecular flexibility index (Phi) is 7.21. The van der Waals surface area contributed by atoms with Gasteiger partial charge in [0.05, 0.1) is 11.1 Å². The molecule has 0 aliphatic rings. The molecule has 102 valence electrons. The van der Waals surface area contributed by atoms with Gasteiger partial charge in [0.25, 0.3) is 0 Å². The van der Waals surface area contributed by atoms with Crippen LogP contribution < -0.4 is 11.1 Å². The second-order valence-corrected chi connectivity index (χ2v) is 4.44. The predicted octanol–water partition coefficient (Wildman–Crippen LogP) is 3.21. The van der Waals surface area contributed by atoms with Gasteiger partial charge in [0, 0.05) is 5.69 Å². The Bertz CT molecular complexity index is 415. The zero-order chi connectivity index (χ0) is 13.0. The van der Waals surface area contributed by atoms with Gasteiger partial charge in [0.15, 0.2) is 0 Å². The van der Waals surface area contributed by atoms with Crippen molar-refractivity contribution in [3.8, 4) is 0 Å². The highest BCUT2D eigenvalue weighted by atomic mass is 35.5. The summed E-state index contributed by atoms with van der Waals surface area (Å²) in [5.74, 6) is -0.719. The van der Waals surface area contributed by atoms with Crippen molar-refractivity contribution in [3.63, 3.8) is 0 Å². The second kappa shape index (κ2) is 7.56. The maximum Gasteiger partial charge on any atom is 0.241 e. The maximum atomic E-state index is 12.9. The van der Waals surface area contributed by atoms with Gasteiger partial charge in [-0.15, -0.1) is 12.4 Å². The van der Waals surface area contributed by atoms with Crippen molar-refractivity contribution >= 4 is 35.6 Å². The first-order chi connectivity index (χ1) is 7.95. The average Bonchev–Trinajstić information content (AvgIpc) is 2.31. The minimum Gasteiger partial charge on any atom is -0.325 e. The van der Waals surface area contributed by atoms with Crippen LogP contribution >= 0.6 is 24.0 Å². The van der Waals surface area contributed by atoms with E-state index < -0.39 is 11.9 Å². The molecule has 1 amide bonds. The van der Waals surface area contributed by atoms with Gasteiger partial charge in [-0.05, 0) is 24.1 Å². The maximum absolute atomic E-state index is 12.9. The van der Waals surface area contributed by atoms with E-state index in [-0.39, 0.29) is 29.3 Å². The van der Waals surface area contributed by atoms with E-state index in [1.165, 1.54) is 18.2 Å². The van der Waals surface area contributed by atoms with E-state index in [2.05, 4.69) is 5.32 Å². The number of hydrogen-bond donors (Lipinski definition) is 2. The Hall–Kier alpha value is -0.840. The van der Waals surface area contributed by atoms with Gasteiger partial charge in [-0.2, -0.15) is 0 Å². The second-order valence-electron chi connectivity index (χ2n) is 4.03. The van der Waals surface area contributed by atoms with Gasteiger partial charge in [-0.1, -0.05) is 31.9 Å². The molecule has 1 aromatic rings. The number of carbonyl (C=O) groups is 1. The summed E-state index contributed by atoms with van der Waals surface area (Å²) in [5.41, 5.74) is 6.21. The zero-order valence-corrected chi connectivity index (χ0v) is 11.8. The Balaban J connectivity index is 0.00000289. The summed E-state index contributed by atoms with van der Waals surface area (Å²) in [4.78, 5) is 11.7. The molecule has 1 aromatic carbocycles. The average molecular weight is 295 g/mol. The van der Waals surface area contributed by atoms with Crippen molar-refractivity contribution in [2.75, 3.05) is 5.32 Å². The fourth-order valence-electron chi connectivity index (χ4n) is 1.31. The van der Waals surface area contributed by atoms with E-state index in [1.54, 1.807) is 0 Å². The lowest BCUT2D eigenvalue weighted by atomic mass is 9.99. The number of anilines is 1. The fraction of sp³-hybridized carbons (Fsp3) is 0.417. The summed E-state index contributed by atoms with van der Waals surface area (Å²) in [6.07, 6.45) is 0.818. The number of hydrogen-bond acceptors (Lipinski definition) is 2. The van der Waals surface area contributed by atoms with E-state index in [9.17, 15) is 9.18 Å². The molecule has 0 saturated carbocycles. The summed E-state index contributed by atoms with van der Waals surface area (Å²) < 4.78 is 12.9. The van der Waals surface area contributed by atoms with Crippen LogP contribution in [0.25, 0.3) is 0 Å². The van der Waals surface area contributed by atoms with Gasteiger partial charge in [-0.3, -0.25) is 4.79 Å². The lowest BCUT2D eigenvalue weighted by Gasteiger charge is -2.17. The van der Waals surface area contributed by atoms with Crippen molar-refractivity contribution in [3.05, 3.63) is 29.0 Å². The molecule has 18 heavy (non-hydrogen) atoms. The molecule has 2 unspecified atom stereocenters. The van der Waals surface area contributed by atoms with Gasteiger partial charge >= 0.3 is 0 Å². The van der Waals surface area contributed by atoms with Gasteiger partial charge in [0.1, 0.15) is 5.82 Å². The molecule has 3 nitrogen and oxygen atoms in total. The molecule has 0 heterocycles. The van der Waals surface area contributed by atoms with Gasteiger partial charge < -0.3 is 11.1 Å². The van der Waals surface area contributed by atoms with Crippen LogP contribution in [0.4, 0.5) is 10.1 Å². The largest absolute Gasteiger partial charge is 0.325 e. The van der Waals surface area contributed by atoms with Crippen LogP contribution in [-0.4, -0.2) is 11.9 Å². The number of carbonyl (C=O) groups excluding carboxylic acids is 1. The van der Waals surface area contributed by atoms with Crippen molar-refractivity contribution in [1.29, 1.82) is 0 Å². The van der Waals surface area contributed by atoms with E-state index in [0.29, 0.717) is 5.69 Å². The first-order valence-electron chi connectivity index (χ1n) is 5.47. The van der Waals surface area contributed by atoms with Crippen molar-refractivity contribution < 1.29 is 9.18 Å². The van der Waals surface area contributed by atoms with Crippen LogP contribution in [0.15, 0.2) is 18.2 Å². The molecule has 2 atom stereocenters. The van der Waals surface area contributed by atoms with Crippen LogP contribution in [-0.2, 0) is 4.79 Å². The molecule has 1 rings (SSSR count). The summed E-state index contributed by atoms with van der Waals surface area (Å²) >= 11 is 5.61.